The Balaban J connectivity index is 1.69. The second-order valence-corrected chi connectivity index (χ2v) is 5.43. The lowest BCUT2D eigenvalue weighted by Gasteiger charge is -2.11. The summed E-state index contributed by atoms with van der Waals surface area (Å²) in [6.07, 6.45) is 2.65. The third-order valence-electron chi connectivity index (χ3n) is 3.52. The van der Waals surface area contributed by atoms with Crippen molar-refractivity contribution in [3.8, 4) is 5.75 Å². The highest BCUT2D eigenvalue weighted by molar-refractivity contribution is 6.04. The van der Waals surface area contributed by atoms with Crippen LogP contribution in [0.2, 0.25) is 0 Å². The highest BCUT2D eigenvalue weighted by atomic mass is 19.2. The zero-order valence-corrected chi connectivity index (χ0v) is 14.4. The van der Waals surface area contributed by atoms with E-state index in [1.807, 2.05) is 13.0 Å². The van der Waals surface area contributed by atoms with Crippen LogP contribution < -0.4 is 15.4 Å². The molecule has 0 saturated carbocycles. The number of amides is 1. The Morgan fingerprint density at radius 2 is 1.81 bits per heavy atom. The van der Waals surface area contributed by atoms with Crippen LogP contribution in [-0.4, -0.2) is 22.5 Å². The molecule has 0 atom stereocenters. The van der Waals surface area contributed by atoms with Crippen LogP contribution in [0.4, 0.5) is 26.1 Å². The summed E-state index contributed by atoms with van der Waals surface area (Å²) in [6, 6.07) is 10.4. The second kappa shape index (κ2) is 8.22. The number of halogens is 2. The van der Waals surface area contributed by atoms with Crippen molar-refractivity contribution in [3.05, 3.63) is 72.1 Å². The minimum atomic E-state index is -0.982. The topological polar surface area (TPSA) is 76.1 Å². The molecular weight excluding hydrogens is 354 g/mol. The molecule has 0 bridgehead atoms. The molecule has 2 aromatic carbocycles. The third kappa shape index (κ3) is 4.55. The number of nitrogens with one attached hydrogen (secondary N) is 2. The predicted octanol–water partition coefficient (Wildman–Crippen LogP) is 4.15. The largest absolute Gasteiger partial charge is 0.492 e. The molecule has 138 valence electrons. The van der Waals surface area contributed by atoms with Crippen molar-refractivity contribution in [1.29, 1.82) is 0 Å². The molecule has 1 amide bonds. The van der Waals surface area contributed by atoms with Crippen LogP contribution in [0.15, 0.2) is 54.9 Å². The summed E-state index contributed by atoms with van der Waals surface area (Å²) in [6.45, 7) is 2.32. The first kappa shape index (κ1) is 18.2. The number of carbonyl (C=O) groups is 1. The molecule has 6 nitrogen and oxygen atoms in total. The van der Waals surface area contributed by atoms with E-state index in [4.69, 9.17) is 4.74 Å². The minimum absolute atomic E-state index is 0.146. The highest BCUT2D eigenvalue weighted by Gasteiger charge is 2.11. The number of aromatic nitrogens is 2. The number of para-hydroxylation sites is 2. The first-order valence-electron chi connectivity index (χ1n) is 8.14. The van der Waals surface area contributed by atoms with E-state index in [9.17, 15) is 13.6 Å². The van der Waals surface area contributed by atoms with Gasteiger partial charge in [-0.2, -0.15) is 0 Å². The number of ether oxygens (including phenoxy) is 1. The first-order valence-corrected chi connectivity index (χ1v) is 8.14. The average molecular weight is 370 g/mol. The zero-order valence-electron chi connectivity index (χ0n) is 14.4. The van der Waals surface area contributed by atoms with E-state index in [-0.39, 0.29) is 17.2 Å². The van der Waals surface area contributed by atoms with Crippen LogP contribution in [0.5, 0.6) is 5.75 Å². The van der Waals surface area contributed by atoms with Gasteiger partial charge in [-0.1, -0.05) is 12.1 Å². The van der Waals surface area contributed by atoms with Crippen molar-refractivity contribution in [2.24, 2.45) is 0 Å². The lowest BCUT2D eigenvalue weighted by atomic mass is 10.2. The van der Waals surface area contributed by atoms with Crippen LogP contribution in [0.25, 0.3) is 0 Å². The molecular formula is C19H16F2N4O2. The van der Waals surface area contributed by atoms with Crippen molar-refractivity contribution in [1.82, 2.24) is 9.97 Å². The maximum Gasteiger partial charge on any atom is 0.258 e. The number of rotatable bonds is 6. The van der Waals surface area contributed by atoms with E-state index < -0.39 is 17.5 Å². The molecule has 0 radical (unpaired) electrons. The summed E-state index contributed by atoms with van der Waals surface area (Å²) in [4.78, 5) is 20.4. The van der Waals surface area contributed by atoms with Gasteiger partial charge in [0.1, 0.15) is 5.75 Å². The number of hydrogen-bond donors (Lipinski definition) is 2. The Hall–Kier alpha value is -3.55. The maximum atomic E-state index is 13.2. The van der Waals surface area contributed by atoms with E-state index in [1.165, 1.54) is 18.5 Å². The first-order chi connectivity index (χ1) is 13.1. The van der Waals surface area contributed by atoms with Gasteiger partial charge in [0.15, 0.2) is 11.6 Å². The van der Waals surface area contributed by atoms with Gasteiger partial charge >= 0.3 is 0 Å². The molecule has 0 saturated heterocycles. The molecule has 0 aliphatic carbocycles. The third-order valence-corrected chi connectivity index (χ3v) is 3.52. The Kier molecular flexibility index (Phi) is 5.55. The number of hydrogen-bond acceptors (Lipinski definition) is 5. The summed E-state index contributed by atoms with van der Waals surface area (Å²) in [5, 5.41) is 5.47. The Morgan fingerprint density at radius 1 is 1.07 bits per heavy atom. The van der Waals surface area contributed by atoms with Gasteiger partial charge in [-0.05, 0) is 31.2 Å². The number of anilines is 3. The van der Waals surface area contributed by atoms with E-state index in [0.717, 1.165) is 12.1 Å². The molecule has 0 aliphatic rings. The van der Waals surface area contributed by atoms with Crippen molar-refractivity contribution in [2.45, 2.75) is 6.92 Å². The summed E-state index contributed by atoms with van der Waals surface area (Å²) in [5.74, 6) is -1.62. The van der Waals surface area contributed by atoms with Crippen molar-refractivity contribution >= 4 is 23.2 Å². The van der Waals surface area contributed by atoms with E-state index in [0.29, 0.717) is 18.0 Å². The molecule has 27 heavy (non-hydrogen) atoms. The van der Waals surface area contributed by atoms with E-state index in [2.05, 4.69) is 20.6 Å². The number of nitrogens with zero attached hydrogens (tertiary/aromatic N) is 2. The van der Waals surface area contributed by atoms with Gasteiger partial charge in [-0.15, -0.1) is 0 Å². The van der Waals surface area contributed by atoms with E-state index in [1.54, 1.807) is 18.2 Å². The monoisotopic (exact) mass is 370 g/mol. The predicted molar refractivity (Wildman–Crippen MR) is 97.2 cm³/mol. The Morgan fingerprint density at radius 3 is 2.52 bits per heavy atom. The highest BCUT2D eigenvalue weighted by Crippen LogP contribution is 2.24. The molecule has 0 aliphatic heterocycles. The normalized spacial score (nSPS) is 10.3. The number of benzene rings is 2. The fourth-order valence-corrected chi connectivity index (χ4v) is 2.26. The summed E-state index contributed by atoms with van der Waals surface area (Å²) in [5.41, 5.74) is 1.06. The maximum absolute atomic E-state index is 13.2. The van der Waals surface area contributed by atoms with Gasteiger partial charge in [-0.3, -0.25) is 4.79 Å². The smallest absolute Gasteiger partial charge is 0.258 e. The van der Waals surface area contributed by atoms with Gasteiger partial charge in [0.25, 0.3) is 5.91 Å². The lowest BCUT2D eigenvalue weighted by Crippen LogP contribution is -2.14. The number of carbonyl (C=O) groups excluding carboxylic acids is 1. The van der Waals surface area contributed by atoms with Gasteiger partial charge < -0.3 is 15.4 Å². The molecule has 3 aromatic rings. The second-order valence-electron chi connectivity index (χ2n) is 5.43. The summed E-state index contributed by atoms with van der Waals surface area (Å²) >= 11 is 0. The van der Waals surface area contributed by atoms with Crippen LogP contribution in [0.3, 0.4) is 0 Å². The fraction of sp³-hybridized carbons (Fsp3) is 0.105. The SMILES string of the molecule is CCOc1ccccc1NC(=O)c1cnc(Nc2ccc(F)c(F)c2)nc1. The molecule has 8 heteroatoms. The molecule has 3 rings (SSSR count). The fourth-order valence-electron chi connectivity index (χ4n) is 2.26. The zero-order chi connectivity index (χ0) is 19.2. The molecule has 1 heterocycles. The van der Waals surface area contributed by atoms with Gasteiger partial charge in [-0.25, -0.2) is 18.7 Å². The quantitative estimate of drug-likeness (QED) is 0.682. The summed E-state index contributed by atoms with van der Waals surface area (Å²) < 4.78 is 31.6. The van der Waals surface area contributed by atoms with Crippen LogP contribution >= 0.6 is 0 Å². The molecule has 2 N–H and O–H groups in total. The molecule has 0 unspecified atom stereocenters. The molecule has 0 spiro atoms. The Bertz CT molecular complexity index is 949. The van der Waals surface area contributed by atoms with Crippen LogP contribution in [-0.2, 0) is 0 Å². The van der Waals surface area contributed by atoms with Crippen LogP contribution in [0.1, 0.15) is 17.3 Å². The van der Waals surface area contributed by atoms with Gasteiger partial charge in [0.2, 0.25) is 5.95 Å². The van der Waals surface area contributed by atoms with E-state index >= 15 is 0 Å². The van der Waals surface area contributed by atoms with Gasteiger partial charge in [0, 0.05) is 24.1 Å². The standard InChI is InChI=1S/C19H16F2N4O2/c1-2-27-17-6-4-3-5-16(17)25-18(26)12-10-22-19(23-11-12)24-13-7-8-14(20)15(21)9-13/h3-11H,2H2,1H3,(H,25,26)(H,22,23,24). The minimum Gasteiger partial charge on any atom is -0.492 e. The van der Waals surface area contributed by atoms with Crippen molar-refractivity contribution in [3.63, 3.8) is 0 Å². The van der Waals surface area contributed by atoms with Crippen molar-refractivity contribution < 1.29 is 18.3 Å². The summed E-state index contributed by atoms with van der Waals surface area (Å²) in [7, 11) is 0. The molecule has 0 fully saturated rings. The van der Waals surface area contributed by atoms with Gasteiger partial charge in [0.05, 0.1) is 17.9 Å². The molecule has 1 aromatic heterocycles. The lowest BCUT2D eigenvalue weighted by molar-refractivity contribution is 0.102. The van der Waals surface area contributed by atoms with Crippen molar-refractivity contribution in [2.75, 3.05) is 17.2 Å². The Labute approximate surface area is 154 Å². The van der Waals surface area contributed by atoms with Crippen LogP contribution in [0, 0.1) is 11.6 Å². The average Bonchev–Trinajstić information content (AvgIpc) is 2.67.